The van der Waals surface area contributed by atoms with Gasteiger partial charge in [0.25, 0.3) is 0 Å². The second-order valence-electron chi connectivity index (χ2n) is 4.01. The first-order valence-electron chi connectivity index (χ1n) is 5.54. The number of anilines is 1. The van der Waals surface area contributed by atoms with Crippen molar-refractivity contribution in [3.05, 3.63) is 44.8 Å². The summed E-state index contributed by atoms with van der Waals surface area (Å²) in [4.78, 5) is 12.0. The molecule has 0 fully saturated rings. The van der Waals surface area contributed by atoms with Gasteiger partial charge in [0.2, 0.25) is 0 Å². The normalized spacial score (nSPS) is 10.5. The smallest absolute Gasteiger partial charge is 0.339 e. The molecule has 0 aliphatic rings. The van der Waals surface area contributed by atoms with E-state index in [0.717, 1.165) is 12.1 Å². The molecule has 0 radical (unpaired) electrons. The minimum atomic E-state index is -3.37. The van der Waals surface area contributed by atoms with Crippen molar-refractivity contribution in [1.82, 2.24) is 9.13 Å². The molecular weight excluding hydrogens is 323 g/mol. The highest BCUT2D eigenvalue weighted by Crippen LogP contribution is 2.26. The molecule has 1 aromatic carbocycles. The van der Waals surface area contributed by atoms with Gasteiger partial charge in [0.15, 0.2) is 11.4 Å². The lowest BCUT2D eigenvalue weighted by Crippen LogP contribution is -2.25. The van der Waals surface area contributed by atoms with Crippen molar-refractivity contribution < 1.29 is 13.2 Å². The molecule has 22 heavy (non-hydrogen) atoms. The third-order valence-electron chi connectivity index (χ3n) is 2.80. The fraction of sp³-hybridized carbons (Fsp3) is 0.0833. The monoisotopic (exact) mass is 327 g/mol. The van der Waals surface area contributed by atoms with Crippen LogP contribution >= 0.6 is 11.6 Å². The maximum atomic E-state index is 14.0. The Bertz CT molecular complexity index is 903. The fourth-order valence-corrected chi connectivity index (χ4v) is 2.01. The van der Waals surface area contributed by atoms with Crippen LogP contribution in [-0.2, 0) is 0 Å². The molecule has 1 aromatic heterocycles. The summed E-state index contributed by atoms with van der Waals surface area (Å²) in [7, 11) is 0. The highest BCUT2D eigenvalue weighted by atomic mass is 35.5. The summed E-state index contributed by atoms with van der Waals surface area (Å²) in [5, 5.41) is 17.8. The number of nitrogen functional groups attached to an aromatic ring is 1. The van der Waals surface area contributed by atoms with E-state index < -0.39 is 35.1 Å². The van der Waals surface area contributed by atoms with Crippen LogP contribution in [0.15, 0.2) is 16.9 Å². The van der Waals surface area contributed by atoms with Crippen LogP contribution in [0.25, 0.3) is 5.69 Å². The van der Waals surface area contributed by atoms with Crippen LogP contribution in [-0.4, -0.2) is 9.13 Å². The number of nitrogens with zero attached hydrogens (tertiary/aromatic N) is 4. The molecule has 0 spiro atoms. The molecule has 6 nitrogen and oxygen atoms in total. The molecule has 112 valence electrons. The Labute approximate surface area is 126 Å². The van der Waals surface area contributed by atoms with E-state index in [-0.39, 0.29) is 15.3 Å². The lowest BCUT2D eigenvalue weighted by molar-refractivity contribution is 0.0654. The topological polar surface area (TPSA) is 101 Å². The summed E-state index contributed by atoms with van der Waals surface area (Å²) in [5.41, 5.74) is 1.76. The van der Waals surface area contributed by atoms with Gasteiger partial charge in [-0.05, 0) is 12.1 Å². The molecule has 2 N–H and O–H groups in total. The van der Waals surface area contributed by atoms with Gasteiger partial charge in [-0.15, -0.1) is 0 Å². The molecule has 0 saturated heterocycles. The van der Waals surface area contributed by atoms with Gasteiger partial charge in [-0.25, -0.2) is 18.3 Å². The van der Waals surface area contributed by atoms with Crippen molar-refractivity contribution in [2.24, 2.45) is 0 Å². The Morgan fingerprint density at radius 2 is 1.82 bits per heavy atom. The number of hydrogen-bond donors (Lipinski definition) is 1. The Kier molecular flexibility index (Phi) is 3.85. The van der Waals surface area contributed by atoms with E-state index in [1.807, 2.05) is 0 Å². The fourth-order valence-electron chi connectivity index (χ4n) is 1.86. The average molecular weight is 328 g/mol. The first-order chi connectivity index (χ1) is 10.3. The number of halogens is 4. The minimum Gasteiger partial charge on any atom is -0.397 e. The molecule has 2 rings (SSSR count). The second-order valence-corrected chi connectivity index (χ2v) is 4.42. The second kappa shape index (κ2) is 5.47. The number of nitrogens with two attached hydrogens (primary N) is 1. The zero-order chi connectivity index (χ0) is 16.6. The zero-order valence-corrected chi connectivity index (χ0v) is 11.3. The number of rotatable bonds is 2. The van der Waals surface area contributed by atoms with Crippen LogP contribution in [0.5, 0.6) is 0 Å². The van der Waals surface area contributed by atoms with E-state index in [0.29, 0.717) is 4.57 Å². The molecule has 2 aromatic rings. The first-order valence-corrected chi connectivity index (χ1v) is 5.91. The van der Waals surface area contributed by atoms with E-state index in [1.54, 1.807) is 0 Å². The van der Waals surface area contributed by atoms with Crippen molar-refractivity contribution in [3.63, 3.8) is 0 Å². The first kappa shape index (κ1) is 15.5. The van der Waals surface area contributed by atoms with Gasteiger partial charge < -0.3 is 5.73 Å². The molecule has 0 unspecified atom stereocenters. The third-order valence-corrected chi connectivity index (χ3v) is 3.13. The number of imidazole rings is 1. The predicted molar refractivity (Wildman–Crippen MR) is 70.1 cm³/mol. The molecule has 0 aliphatic heterocycles. The van der Waals surface area contributed by atoms with Crippen molar-refractivity contribution in [2.45, 2.75) is 6.55 Å². The number of aromatic nitrogens is 2. The molecule has 0 saturated carbocycles. The maximum absolute atomic E-state index is 14.0. The number of alkyl halides is 2. The maximum Gasteiger partial charge on any atom is 0.339 e. The highest BCUT2D eigenvalue weighted by molar-refractivity contribution is 6.33. The highest BCUT2D eigenvalue weighted by Gasteiger charge is 2.27. The third kappa shape index (κ3) is 2.18. The van der Waals surface area contributed by atoms with Gasteiger partial charge in [-0.1, -0.05) is 11.6 Å². The molecule has 10 heteroatoms. The SMILES string of the molecule is N#Cc1c(C#N)n(C(F)F)c(=O)n1-c1cc(N)c(Cl)cc1F. The molecule has 0 bridgehead atoms. The summed E-state index contributed by atoms with van der Waals surface area (Å²) in [5.74, 6) is -1.06. The Morgan fingerprint density at radius 1 is 1.23 bits per heavy atom. The van der Waals surface area contributed by atoms with Crippen molar-refractivity contribution in [1.29, 1.82) is 10.5 Å². The van der Waals surface area contributed by atoms with E-state index in [1.165, 1.54) is 12.1 Å². The summed E-state index contributed by atoms with van der Waals surface area (Å²) in [6.45, 7) is -3.37. The Morgan fingerprint density at radius 3 is 2.32 bits per heavy atom. The van der Waals surface area contributed by atoms with E-state index in [2.05, 4.69) is 0 Å². The molecule has 0 aliphatic carbocycles. The van der Waals surface area contributed by atoms with Gasteiger partial charge in [-0.2, -0.15) is 19.3 Å². The standard InChI is InChI=1S/C12H5ClF3N5O/c13-5-1-6(14)8(2-7(5)19)20-9(3-17)10(4-18)21(11(15)16)12(20)22/h1-2,11H,19H2. The molecular formula is C12H5ClF3N5O. The number of benzene rings is 1. The summed E-state index contributed by atoms with van der Waals surface area (Å²) in [6, 6.07) is 4.45. The molecule has 0 amide bonds. The van der Waals surface area contributed by atoms with Gasteiger partial charge in [0, 0.05) is 0 Å². The van der Waals surface area contributed by atoms with Crippen LogP contribution in [0, 0.1) is 28.5 Å². The Hall–Kier alpha value is -2.91. The predicted octanol–water partition coefficient (Wildman–Crippen LogP) is 2.15. The van der Waals surface area contributed by atoms with Gasteiger partial charge in [0.05, 0.1) is 16.4 Å². The lowest BCUT2D eigenvalue weighted by Gasteiger charge is -2.07. The van der Waals surface area contributed by atoms with E-state index >= 15 is 0 Å². The summed E-state index contributed by atoms with van der Waals surface area (Å²) >= 11 is 5.61. The van der Waals surface area contributed by atoms with Gasteiger partial charge in [0.1, 0.15) is 18.0 Å². The van der Waals surface area contributed by atoms with Crippen LogP contribution in [0.3, 0.4) is 0 Å². The minimum absolute atomic E-state index is 0.128. The zero-order valence-electron chi connectivity index (χ0n) is 10.5. The quantitative estimate of drug-likeness (QED) is 0.854. The molecule has 0 atom stereocenters. The van der Waals surface area contributed by atoms with E-state index in [4.69, 9.17) is 27.9 Å². The average Bonchev–Trinajstić information content (AvgIpc) is 2.74. The van der Waals surface area contributed by atoms with Gasteiger partial charge >= 0.3 is 12.2 Å². The van der Waals surface area contributed by atoms with E-state index in [9.17, 15) is 18.0 Å². The summed E-state index contributed by atoms with van der Waals surface area (Å²) in [6.07, 6.45) is 0. The number of nitriles is 2. The van der Waals surface area contributed by atoms with Gasteiger partial charge in [-0.3, -0.25) is 0 Å². The summed E-state index contributed by atoms with van der Waals surface area (Å²) < 4.78 is 39.9. The largest absolute Gasteiger partial charge is 0.397 e. The lowest BCUT2D eigenvalue weighted by atomic mass is 10.2. The van der Waals surface area contributed by atoms with Crippen molar-refractivity contribution in [3.8, 4) is 17.8 Å². The van der Waals surface area contributed by atoms with Crippen LogP contribution in [0.1, 0.15) is 17.9 Å². The Balaban J connectivity index is 2.95. The van der Waals surface area contributed by atoms with Crippen LogP contribution in [0.4, 0.5) is 18.9 Å². The molecule has 1 heterocycles. The van der Waals surface area contributed by atoms with Crippen LogP contribution < -0.4 is 11.4 Å². The number of hydrogen-bond acceptors (Lipinski definition) is 4. The van der Waals surface area contributed by atoms with Crippen molar-refractivity contribution >= 4 is 17.3 Å². The van der Waals surface area contributed by atoms with Crippen molar-refractivity contribution in [2.75, 3.05) is 5.73 Å². The van der Waals surface area contributed by atoms with Crippen LogP contribution in [0.2, 0.25) is 5.02 Å².